The lowest BCUT2D eigenvalue weighted by molar-refractivity contribution is 0.0944. The highest BCUT2D eigenvalue weighted by Crippen LogP contribution is 2.35. The quantitative estimate of drug-likeness (QED) is 0.724. The Labute approximate surface area is 95.3 Å². The molecule has 1 aliphatic carbocycles. The Morgan fingerprint density at radius 2 is 1.20 bits per heavy atom. The fourth-order valence-electron chi connectivity index (χ4n) is 2.81. The van der Waals surface area contributed by atoms with E-state index >= 15 is 0 Å². The van der Waals surface area contributed by atoms with Crippen LogP contribution in [0.15, 0.2) is 0 Å². The summed E-state index contributed by atoms with van der Waals surface area (Å²) < 4.78 is 0. The number of hydrogen-bond donors (Lipinski definition) is 1. The fourth-order valence-corrected chi connectivity index (χ4v) is 2.81. The van der Waals surface area contributed by atoms with Gasteiger partial charge < -0.3 is 5.11 Å². The molecule has 90 valence electrons. The van der Waals surface area contributed by atoms with Gasteiger partial charge in [-0.15, -0.1) is 0 Å². The zero-order chi connectivity index (χ0) is 11.0. The van der Waals surface area contributed by atoms with E-state index in [4.69, 9.17) is 0 Å². The molecule has 0 aliphatic heterocycles. The average Bonchev–Trinajstić information content (AvgIpc) is 2.33. The van der Waals surface area contributed by atoms with Gasteiger partial charge in [0, 0.05) is 6.61 Å². The van der Waals surface area contributed by atoms with Crippen LogP contribution < -0.4 is 0 Å². The van der Waals surface area contributed by atoms with Gasteiger partial charge in [0.1, 0.15) is 0 Å². The molecule has 0 unspecified atom stereocenters. The van der Waals surface area contributed by atoms with Crippen LogP contribution >= 0.6 is 0 Å². The largest absolute Gasteiger partial charge is 0.396 e. The summed E-state index contributed by atoms with van der Waals surface area (Å²) >= 11 is 0. The number of hydrogen-bond acceptors (Lipinski definition) is 1. The lowest BCUT2D eigenvalue weighted by Crippen LogP contribution is -2.24. The van der Waals surface area contributed by atoms with Crippen LogP contribution in [-0.2, 0) is 0 Å². The summed E-state index contributed by atoms with van der Waals surface area (Å²) in [6.07, 6.45) is 14.7. The van der Waals surface area contributed by atoms with Crippen LogP contribution in [0.3, 0.4) is 0 Å². The van der Waals surface area contributed by atoms with Gasteiger partial charge in [0.15, 0.2) is 0 Å². The van der Waals surface area contributed by atoms with Crippen molar-refractivity contribution in [2.45, 2.75) is 77.6 Å². The van der Waals surface area contributed by atoms with E-state index in [1.807, 2.05) is 0 Å². The summed E-state index contributed by atoms with van der Waals surface area (Å²) in [7, 11) is 0. The van der Waals surface area contributed by atoms with E-state index in [0.717, 1.165) is 6.42 Å². The monoisotopic (exact) mass is 212 g/mol. The minimum absolute atomic E-state index is 0.268. The Hall–Kier alpha value is -0.0400. The van der Waals surface area contributed by atoms with Crippen LogP contribution in [0.25, 0.3) is 0 Å². The van der Waals surface area contributed by atoms with Gasteiger partial charge >= 0.3 is 0 Å². The smallest absolute Gasteiger partial charge is 0.0487 e. The summed E-state index contributed by atoms with van der Waals surface area (Å²) in [6, 6.07) is 0. The van der Waals surface area contributed by atoms with Crippen molar-refractivity contribution in [2.75, 3.05) is 6.61 Å². The average molecular weight is 212 g/mol. The van der Waals surface area contributed by atoms with Crippen molar-refractivity contribution in [3.05, 3.63) is 0 Å². The second-order valence-electron chi connectivity index (χ2n) is 5.34. The summed E-state index contributed by atoms with van der Waals surface area (Å²) in [5, 5.41) is 9.59. The van der Waals surface area contributed by atoms with Crippen molar-refractivity contribution in [1.29, 1.82) is 0 Å². The molecule has 1 rings (SSSR count). The highest BCUT2D eigenvalue weighted by molar-refractivity contribution is 4.77. The van der Waals surface area contributed by atoms with Crippen LogP contribution in [0.5, 0.6) is 0 Å². The van der Waals surface area contributed by atoms with Crippen LogP contribution in [-0.4, -0.2) is 11.7 Å². The fraction of sp³-hybridized carbons (Fsp3) is 1.00. The maximum Gasteiger partial charge on any atom is 0.0487 e. The van der Waals surface area contributed by atoms with Crippen LogP contribution in [0.2, 0.25) is 0 Å². The zero-order valence-corrected chi connectivity index (χ0v) is 10.4. The van der Waals surface area contributed by atoms with Crippen LogP contribution in [0.1, 0.15) is 77.6 Å². The summed E-state index contributed by atoms with van der Waals surface area (Å²) in [5.41, 5.74) is 0.268. The zero-order valence-electron chi connectivity index (χ0n) is 10.4. The molecule has 1 fully saturated rings. The molecule has 1 heteroatoms. The maximum absolute atomic E-state index is 9.59. The van der Waals surface area contributed by atoms with Crippen LogP contribution in [0.4, 0.5) is 0 Å². The van der Waals surface area contributed by atoms with Gasteiger partial charge in [-0.25, -0.2) is 0 Å². The molecule has 0 saturated heterocycles. The molecule has 0 aromatic rings. The van der Waals surface area contributed by atoms with Crippen molar-refractivity contribution in [3.8, 4) is 0 Å². The lowest BCUT2D eigenvalue weighted by atomic mass is 9.77. The van der Waals surface area contributed by atoms with Crippen LogP contribution in [0, 0.1) is 5.41 Å². The molecule has 0 heterocycles. The molecule has 1 saturated carbocycles. The van der Waals surface area contributed by atoms with Crippen molar-refractivity contribution < 1.29 is 5.11 Å². The maximum atomic E-state index is 9.59. The van der Waals surface area contributed by atoms with Crippen molar-refractivity contribution in [2.24, 2.45) is 5.41 Å². The SMILES string of the molecule is CCC1(CO)CCCCCCCCCC1. The first-order valence-corrected chi connectivity index (χ1v) is 6.94. The second-order valence-corrected chi connectivity index (χ2v) is 5.34. The predicted octanol–water partition coefficient (Wildman–Crippen LogP) is 4.29. The first kappa shape index (κ1) is 13.0. The standard InChI is InChI=1S/C14H28O/c1-2-14(13-15)11-9-7-5-3-4-6-8-10-12-14/h15H,2-13H2,1H3. The minimum atomic E-state index is 0.268. The van der Waals surface area contributed by atoms with E-state index in [0.29, 0.717) is 6.61 Å². The molecule has 1 N–H and O–H groups in total. The molecule has 0 radical (unpaired) electrons. The predicted molar refractivity (Wildman–Crippen MR) is 66.0 cm³/mol. The third-order valence-electron chi connectivity index (χ3n) is 4.25. The molecule has 1 aliphatic rings. The number of aliphatic hydroxyl groups is 1. The highest BCUT2D eigenvalue weighted by Gasteiger charge is 2.26. The van der Waals surface area contributed by atoms with Gasteiger partial charge in [-0.2, -0.15) is 0 Å². The molecule has 0 spiro atoms. The Morgan fingerprint density at radius 3 is 1.53 bits per heavy atom. The van der Waals surface area contributed by atoms with Gasteiger partial charge in [0.25, 0.3) is 0 Å². The van der Waals surface area contributed by atoms with Crippen molar-refractivity contribution in [1.82, 2.24) is 0 Å². The van der Waals surface area contributed by atoms with Gasteiger partial charge in [-0.1, -0.05) is 58.3 Å². The second kappa shape index (κ2) is 7.27. The van der Waals surface area contributed by atoms with E-state index in [1.54, 1.807) is 0 Å². The van der Waals surface area contributed by atoms with Gasteiger partial charge in [-0.3, -0.25) is 0 Å². The normalized spacial score (nSPS) is 24.4. The van der Waals surface area contributed by atoms with E-state index in [9.17, 15) is 5.11 Å². The number of aliphatic hydroxyl groups excluding tert-OH is 1. The van der Waals surface area contributed by atoms with Gasteiger partial charge in [-0.05, 0) is 24.7 Å². The van der Waals surface area contributed by atoms with Gasteiger partial charge in [0.2, 0.25) is 0 Å². The molecule has 15 heavy (non-hydrogen) atoms. The Balaban J connectivity index is 2.44. The Bertz CT molecular complexity index is 135. The van der Waals surface area contributed by atoms with E-state index in [2.05, 4.69) is 6.92 Å². The molecule has 0 atom stereocenters. The molecule has 1 nitrogen and oxygen atoms in total. The Morgan fingerprint density at radius 1 is 0.800 bits per heavy atom. The van der Waals surface area contributed by atoms with E-state index < -0.39 is 0 Å². The third-order valence-corrected chi connectivity index (χ3v) is 4.25. The molecule has 0 aromatic carbocycles. The van der Waals surface area contributed by atoms with Gasteiger partial charge in [0.05, 0.1) is 0 Å². The first-order valence-electron chi connectivity index (χ1n) is 6.94. The molecule has 0 bridgehead atoms. The van der Waals surface area contributed by atoms with E-state index in [-0.39, 0.29) is 5.41 Å². The van der Waals surface area contributed by atoms with Crippen molar-refractivity contribution in [3.63, 3.8) is 0 Å². The molecule has 0 amide bonds. The molecular weight excluding hydrogens is 184 g/mol. The molecular formula is C14H28O. The number of rotatable bonds is 2. The topological polar surface area (TPSA) is 20.2 Å². The summed E-state index contributed by atoms with van der Waals surface area (Å²) in [6.45, 7) is 2.65. The van der Waals surface area contributed by atoms with E-state index in [1.165, 1.54) is 64.2 Å². The molecule has 0 aromatic heterocycles. The lowest BCUT2D eigenvalue weighted by Gasteiger charge is -2.30. The summed E-state index contributed by atoms with van der Waals surface area (Å²) in [5.74, 6) is 0. The Kier molecular flexibility index (Phi) is 6.31. The summed E-state index contributed by atoms with van der Waals surface area (Å²) in [4.78, 5) is 0. The highest BCUT2D eigenvalue weighted by atomic mass is 16.3. The minimum Gasteiger partial charge on any atom is -0.396 e. The third kappa shape index (κ3) is 4.55. The van der Waals surface area contributed by atoms with Crippen molar-refractivity contribution >= 4 is 0 Å². The first-order chi connectivity index (χ1) is 7.33.